The molecule has 0 aliphatic rings. The number of aryl methyl sites for hydroxylation is 1. The summed E-state index contributed by atoms with van der Waals surface area (Å²) in [7, 11) is 0. The molecule has 0 saturated carbocycles. The van der Waals surface area contributed by atoms with Crippen LogP contribution in [-0.2, 0) is 4.79 Å². The lowest BCUT2D eigenvalue weighted by Crippen LogP contribution is -2.34. The van der Waals surface area contributed by atoms with Gasteiger partial charge in [0.25, 0.3) is 5.69 Å². The molecule has 19 heavy (non-hydrogen) atoms. The van der Waals surface area contributed by atoms with Gasteiger partial charge in [0, 0.05) is 12.6 Å². The number of carboxylic acids is 1. The average molecular weight is 267 g/mol. The summed E-state index contributed by atoms with van der Waals surface area (Å²) in [5, 5.41) is 19.6. The summed E-state index contributed by atoms with van der Waals surface area (Å²) in [5.41, 5.74) is 0.497. The summed E-state index contributed by atoms with van der Waals surface area (Å²) in [5.74, 6) is -0.224. The third-order valence-electron chi connectivity index (χ3n) is 2.46. The molecule has 0 spiro atoms. The van der Waals surface area contributed by atoms with Crippen molar-refractivity contribution in [3.8, 4) is 0 Å². The fourth-order valence-corrected chi connectivity index (χ4v) is 1.81. The quantitative estimate of drug-likeness (QED) is 0.624. The predicted molar refractivity (Wildman–Crippen MR) is 70.3 cm³/mol. The molecule has 0 aromatic carbocycles. The topological polar surface area (TPSA) is 96.6 Å². The van der Waals surface area contributed by atoms with Gasteiger partial charge in [-0.1, -0.05) is 13.8 Å². The van der Waals surface area contributed by atoms with Crippen LogP contribution in [0.2, 0.25) is 0 Å². The average Bonchev–Trinajstić information content (AvgIpc) is 2.26. The summed E-state index contributed by atoms with van der Waals surface area (Å²) in [6, 6.07) is 1.40. The van der Waals surface area contributed by atoms with Crippen molar-refractivity contribution in [1.29, 1.82) is 0 Å². The maximum absolute atomic E-state index is 10.9. The Morgan fingerprint density at radius 2 is 2.21 bits per heavy atom. The maximum atomic E-state index is 10.9. The molecule has 1 heterocycles. The zero-order valence-electron chi connectivity index (χ0n) is 11.2. The number of rotatable bonds is 6. The lowest BCUT2D eigenvalue weighted by Gasteiger charge is -2.25. The normalized spacial score (nSPS) is 10.5. The molecule has 7 nitrogen and oxygen atoms in total. The van der Waals surface area contributed by atoms with Gasteiger partial charge in [-0.3, -0.25) is 14.9 Å². The van der Waals surface area contributed by atoms with Crippen molar-refractivity contribution < 1.29 is 14.8 Å². The van der Waals surface area contributed by atoms with E-state index in [1.54, 1.807) is 11.8 Å². The fraction of sp³-hybridized carbons (Fsp3) is 0.500. The summed E-state index contributed by atoms with van der Waals surface area (Å²) >= 11 is 0. The second-order valence-electron chi connectivity index (χ2n) is 4.76. The van der Waals surface area contributed by atoms with Gasteiger partial charge in [-0.25, -0.2) is 4.98 Å². The van der Waals surface area contributed by atoms with Crippen molar-refractivity contribution >= 4 is 17.5 Å². The minimum atomic E-state index is -0.958. The Bertz CT molecular complexity index is 488. The van der Waals surface area contributed by atoms with Crippen LogP contribution in [-0.4, -0.2) is 34.1 Å². The SMILES string of the molecule is Cc1cc([N+](=O)[O-])cnc1N(CC(=O)O)CC(C)C. The lowest BCUT2D eigenvalue weighted by atomic mass is 10.2. The zero-order chi connectivity index (χ0) is 14.6. The van der Waals surface area contributed by atoms with Crippen LogP contribution in [0.4, 0.5) is 11.5 Å². The Labute approximate surface area is 111 Å². The van der Waals surface area contributed by atoms with Gasteiger partial charge >= 0.3 is 5.97 Å². The number of nitrogens with zero attached hydrogens (tertiary/aromatic N) is 3. The Morgan fingerprint density at radius 1 is 1.58 bits per heavy atom. The number of carbonyl (C=O) groups is 1. The number of anilines is 1. The highest BCUT2D eigenvalue weighted by Gasteiger charge is 2.18. The fourth-order valence-electron chi connectivity index (χ4n) is 1.81. The van der Waals surface area contributed by atoms with E-state index < -0.39 is 10.9 Å². The minimum absolute atomic E-state index is 0.0962. The zero-order valence-corrected chi connectivity index (χ0v) is 11.2. The monoisotopic (exact) mass is 267 g/mol. The number of aliphatic carboxylic acids is 1. The standard InChI is InChI=1S/C12H17N3O4/c1-8(2)6-14(7-11(16)17)12-9(3)4-10(5-13-12)15(18)19/h4-5,8H,6-7H2,1-3H3,(H,16,17). The molecule has 1 aromatic rings. The van der Waals surface area contributed by atoms with Gasteiger partial charge in [0.05, 0.1) is 4.92 Å². The molecule has 1 rings (SSSR count). The Morgan fingerprint density at radius 3 is 2.63 bits per heavy atom. The third kappa shape index (κ3) is 4.20. The van der Waals surface area contributed by atoms with Crippen LogP contribution in [0.5, 0.6) is 0 Å². The van der Waals surface area contributed by atoms with E-state index in [0.717, 1.165) is 6.20 Å². The van der Waals surface area contributed by atoms with E-state index in [0.29, 0.717) is 17.9 Å². The number of hydrogen-bond donors (Lipinski definition) is 1. The highest BCUT2D eigenvalue weighted by Crippen LogP contribution is 2.22. The van der Waals surface area contributed by atoms with Crippen LogP contribution in [0.15, 0.2) is 12.3 Å². The van der Waals surface area contributed by atoms with Gasteiger partial charge in [0.1, 0.15) is 18.6 Å². The summed E-state index contributed by atoms with van der Waals surface area (Å²) in [6.07, 6.45) is 1.15. The first kappa shape index (κ1) is 14.9. The number of aromatic nitrogens is 1. The Kier molecular flexibility index (Phi) is 4.80. The highest BCUT2D eigenvalue weighted by atomic mass is 16.6. The molecule has 0 aliphatic carbocycles. The lowest BCUT2D eigenvalue weighted by molar-refractivity contribution is -0.385. The second kappa shape index (κ2) is 6.12. The first-order valence-electron chi connectivity index (χ1n) is 5.89. The van der Waals surface area contributed by atoms with Crippen molar-refractivity contribution in [1.82, 2.24) is 4.98 Å². The molecule has 0 aliphatic heterocycles. The molecule has 1 N–H and O–H groups in total. The molecule has 0 fully saturated rings. The molecule has 0 amide bonds. The molecular formula is C12H17N3O4. The van der Waals surface area contributed by atoms with Gasteiger partial charge < -0.3 is 10.0 Å². The second-order valence-corrected chi connectivity index (χ2v) is 4.76. The van der Waals surface area contributed by atoms with Crippen molar-refractivity contribution in [3.05, 3.63) is 27.9 Å². The van der Waals surface area contributed by atoms with Crippen molar-refractivity contribution in [2.24, 2.45) is 5.92 Å². The summed E-state index contributed by atoms with van der Waals surface area (Å²) < 4.78 is 0. The molecule has 7 heteroatoms. The number of carboxylic acid groups (broad SMARTS) is 1. The van der Waals surface area contributed by atoms with E-state index in [2.05, 4.69) is 4.98 Å². The molecule has 0 unspecified atom stereocenters. The van der Waals surface area contributed by atoms with Crippen molar-refractivity contribution in [2.45, 2.75) is 20.8 Å². The van der Waals surface area contributed by atoms with Gasteiger partial charge in [-0.15, -0.1) is 0 Å². The Hall–Kier alpha value is -2.18. The number of hydrogen-bond acceptors (Lipinski definition) is 5. The predicted octanol–water partition coefficient (Wildman–Crippen LogP) is 1.85. The van der Waals surface area contributed by atoms with Crippen LogP contribution in [0, 0.1) is 23.0 Å². The first-order chi connectivity index (χ1) is 8.81. The summed E-state index contributed by atoms with van der Waals surface area (Å²) in [4.78, 5) is 26.6. The van der Waals surface area contributed by atoms with Crippen LogP contribution >= 0.6 is 0 Å². The first-order valence-corrected chi connectivity index (χ1v) is 5.89. The largest absolute Gasteiger partial charge is 0.480 e. The van der Waals surface area contributed by atoms with E-state index in [-0.39, 0.29) is 18.2 Å². The molecule has 1 aromatic heterocycles. The number of nitro groups is 1. The molecule has 0 saturated heterocycles. The van der Waals surface area contributed by atoms with Gasteiger partial charge in [-0.05, 0) is 18.4 Å². The third-order valence-corrected chi connectivity index (χ3v) is 2.46. The Balaban J connectivity index is 3.07. The number of pyridine rings is 1. The van der Waals surface area contributed by atoms with E-state index in [4.69, 9.17) is 5.11 Å². The molecule has 0 atom stereocenters. The van der Waals surface area contributed by atoms with E-state index >= 15 is 0 Å². The maximum Gasteiger partial charge on any atom is 0.323 e. The molecule has 0 bridgehead atoms. The molecule has 104 valence electrons. The summed E-state index contributed by atoms with van der Waals surface area (Å²) in [6.45, 7) is 5.97. The minimum Gasteiger partial charge on any atom is -0.480 e. The van der Waals surface area contributed by atoms with Crippen LogP contribution in [0.3, 0.4) is 0 Å². The molecule has 0 radical (unpaired) electrons. The van der Waals surface area contributed by atoms with E-state index in [1.165, 1.54) is 6.07 Å². The van der Waals surface area contributed by atoms with Gasteiger partial charge in [0.15, 0.2) is 0 Å². The van der Waals surface area contributed by atoms with Crippen LogP contribution < -0.4 is 4.90 Å². The highest BCUT2D eigenvalue weighted by molar-refractivity contribution is 5.73. The smallest absolute Gasteiger partial charge is 0.323 e. The van der Waals surface area contributed by atoms with Crippen LogP contribution in [0.25, 0.3) is 0 Å². The van der Waals surface area contributed by atoms with Crippen molar-refractivity contribution in [3.63, 3.8) is 0 Å². The van der Waals surface area contributed by atoms with E-state index in [9.17, 15) is 14.9 Å². The van der Waals surface area contributed by atoms with E-state index in [1.807, 2.05) is 13.8 Å². The molecular weight excluding hydrogens is 250 g/mol. The van der Waals surface area contributed by atoms with Crippen LogP contribution in [0.1, 0.15) is 19.4 Å². The van der Waals surface area contributed by atoms with Crippen molar-refractivity contribution in [2.75, 3.05) is 18.0 Å². The van der Waals surface area contributed by atoms with Gasteiger partial charge in [0.2, 0.25) is 0 Å². The van der Waals surface area contributed by atoms with Gasteiger partial charge in [-0.2, -0.15) is 0 Å².